The predicted molar refractivity (Wildman–Crippen MR) is 69.3 cm³/mol. The second kappa shape index (κ2) is 5.73. The van der Waals surface area contributed by atoms with E-state index < -0.39 is 12.0 Å². The number of hydrogen-bond acceptors (Lipinski definition) is 3. The predicted octanol–water partition coefficient (Wildman–Crippen LogP) is 1.77. The summed E-state index contributed by atoms with van der Waals surface area (Å²) in [5.41, 5.74) is 0.497. The van der Waals surface area contributed by atoms with Crippen LogP contribution in [-0.2, 0) is 4.79 Å². The molecule has 0 radical (unpaired) electrons. The lowest BCUT2D eigenvalue weighted by Gasteiger charge is -2.21. The number of ether oxygens (including phenoxy) is 1. The molecule has 0 unspecified atom stereocenters. The minimum Gasteiger partial charge on any atom is -0.494 e. The van der Waals surface area contributed by atoms with Gasteiger partial charge < -0.3 is 14.7 Å². The first kappa shape index (κ1) is 13.4. The number of rotatable bonds is 4. The molecule has 0 aliphatic carbocycles. The Morgan fingerprint density at radius 2 is 2.05 bits per heavy atom. The van der Waals surface area contributed by atoms with E-state index in [2.05, 4.69) is 0 Å². The molecule has 0 saturated carbocycles. The fourth-order valence-electron chi connectivity index (χ4n) is 2.29. The van der Waals surface area contributed by atoms with E-state index in [9.17, 15) is 9.59 Å². The Balaban J connectivity index is 2.12. The molecule has 5 nitrogen and oxygen atoms in total. The Morgan fingerprint density at radius 3 is 2.63 bits per heavy atom. The van der Waals surface area contributed by atoms with E-state index in [1.165, 1.54) is 4.90 Å². The highest BCUT2D eigenvalue weighted by Crippen LogP contribution is 2.21. The van der Waals surface area contributed by atoms with E-state index in [-0.39, 0.29) is 5.91 Å². The molecule has 1 aromatic rings. The van der Waals surface area contributed by atoms with Gasteiger partial charge in [0, 0.05) is 12.1 Å². The molecular formula is C14H17NO4. The number of likely N-dealkylation sites (tertiary alicyclic amines) is 1. The van der Waals surface area contributed by atoms with Crippen molar-refractivity contribution in [1.82, 2.24) is 4.90 Å². The van der Waals surface area contributed by atoms with Gasteiger partial charge in [0.1, 0.15) is 11.8 Å². The maximum Gasteiger partial charge on any atom is 0.326 e. The van der Waals surface area contributed by atoms with Crippen molar-refractivity contribution >= 4 is 11.9 Å². The van der Waals surface area contributed by atoms with Gasteiger partial charge in [-0.25, -0.2) is 4.79 Å². The first-order valence-corrected chi connectivity index (χ1v) is 6.40. The van der Waals surface area contributed by atoms with Gasteiger partial charge in [-0.3, -0.25) is 4.79 Å². The van der Waals surface area contributed by atoms with Crippen molar-refractivity contribution in [3.05, 3.63) is 29.8 Å². The van der Waals surface area contributed by atoms with Crippen molar-refractivity contribution < 1.29 is 19.4 Å². The quantitative estimate of drug-likeness (QED) is 0.899. The summed E-state index contributed by atoms with van der Waals surface area (Å²) in [6, 6.07) is 6.10. The second-order valence-corrected chi connectivity index (χ2v) is 4.45. The van der Waals surface area contributed by atoms with Crippen molar-refractivity contribution in [2.45, 2.75) is 25.8 Å². The van der Waals surface area contributed by atoms with Crippen LogP contribution in [-0.4, -0.2) is 41.1 Å². The van der Waals surface area contributed by atoms with Crippen LogP contribution < -0.4 is 4.74 Å². The molecule has 1 amide bonds. The van der Waals surface area contributed by atoms with Crippen LogP contribution in [0.25, 0.3) is 0 Å². The number of hydrogen-bond donors (Lipinski definition) is 1. The van der Waals surface area contributed by atoms with Crippen LogP contribution in [0.4, 0.5) is 0 Å². The molecule has 0 aromatic heterocycles. The van der Waals surface area contributed by atoms with E-state index in [1.54, 1.807) is 24.3 Å². The zero-order valence-corrected chi connectivity index (χ0v) is 10.8. The number of carbonyl (C=O) groups is 2. The first-order chi connectivity index (χ1) is 9.13. The molecule has 1 heterocycles. The Kier molecular flexibility index (Phi) is 4.04. The van der Waals surface area contributed by atoms with Crippen molar-refractivity contribution in [2.75, 3.05) is 13.2 Å². The standard InChI is InChI=1S/C14H17NO4/c1-2-19-11-7-5-10(6-8-11)13(16)15-9-3-4-12(15)14(17)18/h5-8,12H,2-4,9H2,1H3,(H,17,18)/t12-/m0/s1. The highest BCUT2D eigenvalue weighted by molar-refractivity contribution is 5.97. The van der Waals surface area contributed by atoms with Crippen LogP contribution in [0.15, 0.2) is 24.3 Å². The van der Waals surface area contributed by atoms with Gasteiger partial charge in [0.05, 0.1) is 6.61 Å². The van der Waals surface area contributed by atoms with Gasteiger partial charge in [0.2, 0.25) is 0 Å². The maximum atomic E-state index is 12.3. The summed E-state index contributed by atoms with van der Waals surface area (Å²) >= 11 is 0. The van der Waals surface area contributed by atoms with E-state index in [0.29, 0.717) is 30.9 Å². The summed E-state index contributed by atoms with van der Waals surface area (Å²) in [5, 5.41) is 9.08. The molecule has 1 atom stereocenters. The number of carbonyl (C=O) groups excluding carboxylic acids is 1. The van der Waals surface area contributed by atoms with Gasteiger partial charge in [0.25, 0.3) is 5.91 Å². The smallest absolute Gasteiger partial charge is 0.326 e. The van der Waals surface area contributed by atoms with Crippen LogP contribution in [0, 0.1) is 0 Å². The van der Waals surface area contributed by atoms with Crippen molar-refractivity contribution in [3.63, 3.8) is 0 Å². The van der Waals surface area contributed by atoms with Gasteiger partial charge in [0.15, 0.2) is 0 Å². The third-order valence-electron chi connectivity index (χ3n) is 3.21. The van der Waals surface area contributed by atoms with E-state index in [4.69, 9.17) is 9.84 Å². The lowest BCUT2D eigenvalue weighted by molar-refractivity contribution is -0.141. The zero-order chi connectivity index (χ0) is 13.8. The minimum atomic E-state index is -0.934. The third kappa shape index (κ3) is 2.86. The van der Waals surface area contributed by atoms with E-state index in [1.807, 2.05) is 6.92 Å². The number of nitrogens with zero attached hydrogens (tertiary/aromatic N) is 1. The Hall–Kier alpha value is -2.04. The van der Waals surface area contributed by atoms with Gasteiger partial charge in [-0.05, 0) is 44.0 Å². The summed E-state index contributed by atoms with van der Waals surface area (Å²) < 4.78 is 5.31. The van der Waals surface area contributed by atoms with Crippen LogP contribution in [0.5, 0.6) is 5.75 Å². The van der Waals surface area contributed by atoms with Crippen LogP contribution >= 0.6 is 0 Å². The van der Waals surface area contributed by atoms with Crippen molar-refractivity contribution in [1.29, 1.82) is 0 Å². The minimum absolute atomic E-state index is 0.229. The number of aliphatic carboxylic acids is 1. The fraction of sp³-hybridized carbons (Fsp3) is 0.429. The largest absolute Gasteiger partial charge is 0.494 e. The third-order valence-corrected chi connectivity index (χ3v) is 3.21. The van der Waals surface area contributed by atoms with Gasteiger partial charge >= 0.3 is 5.97 Å². The van der Waals surface area contributed by atoms with Crippen LogP contribution in [0.3, 0.4) is 0 Å². The fourth-order valence-corrected chi connectivity index (χ4v) is 2.29. The zero-order valence-electron chi connectivity index (χ0n) is 10.8. The molecule has 1 fully saturated rings. The lowest BCUT2D eigenvalue weighted by atomic mass is 10.1. The number of carboxylic acids is 1. The number of carboxylic acid groups (broad SMARTS) is 1. The Bertz CT molecular complexity index is 469. The van der Waals surface area contributed by atoms with Gasteiger partial charge in [-0.1, -0.05) is 0 Å². The van der Waals surface area contributed by atoms with Gasteiger partial charge in [-0.15, -0.1) is 0 Å². The Labute approximate surface area is 111 Å². The summed E-state index contributed by atoms with van der Waals surface area (Å²) in [5.74, 6) is -0.458. The molecule has 19 heavy (non-hydrogen) atoms. The van der Waals surface area contributed by atoms with Gasteiger partial charge in [-0.2, -0.15) is 0 Å². The SMILES string of the molecule is CCOc1ccc(C(=O)N2CCC[C@H]2C(=O)O)cc1. The molecule has 0 spiro atoms. The molecule has 0 bridgehead atoms. The number of benzene rings is 1. The topological polar surface area (TPSA) is 66.8 Å². The normalized spacial score (nSPS) is 18.4. The average Bonchev–Trinajstić information content (AvgIpc) is 2.88. The molecule has 1 saturated heterocycles. The summed E-state index contributed by atoms with van der Waals surface area (Å²) in [7, 11) is 0. The molecule has 1 N–H and O–H groups in total. The van der Waals surface area contributed by atoms with E-state index in [0.717, 1.165) is 6.42 Å². The number of amides is 1. The highest BCUT2D eigenvalue weighted by atomic mass is 16.5. The molecule has 1 aliphatic rings. The summed E-state index contributed by atoms with van der Waals surface area (Å²) in [6.45, 7) is 2.96. The maximum absolute atomic E-state index is 12.3. The van der Waals surface area contributed by atoms with E-state index >= 15 is 0 Å². The molecule has 2 rings (SSSR count). The second-order valence-electron chi connectivity index (χ2n) is 4.45. The molecule has 102 valence electrons. The Morgan fingerprint density at radius 1 is 1.37 bits per heavy atom. The van der Waals surface area contributed by atoms with Crippen LogP contribution in [0.2, 0.25) is 0 Å². The molecule has 5 heteroatoms. The monoisotopic (exact) mass is 263 g/mol. The molecule has 1 aromatic carbocycles. The highest BCUT2D eigenvalue weighted by Gasteiger charge is 2.34. The molecule has 1 aliphatic heterocycles. The summed E-state index contributed by atoms with van der Waals surface area (Å²) in [6.07, 6.45) is 1.26. The summed E-state index contributed by atoms with van der Waals surface area (Å²) in [4.78, 5) is 24.8. The average molecular weight is 263 g/mol. The van der Waals surface area contributed by atoms with Crippen molar-refractivity contribution in [3.8, 4) is 5.75 Å². The first-order valence-electron chi connectivity index (χ1n) is 6.40. The molecular weight excluding hydrogens is 246 g/mol. The van der Waals surface area contributed by atoms with Crippen LogP contribution in [0.1, 0.15) is 30.1 Å². The van der Waals surface area contributed by atoms with Crippen molar-refractivity contribution in [2.24, 2.45) is 0 Å². The lowest BCUT2D eigenvalue weighted by Crippen LogP contribution is -2.40.